The van der Waals surface area contributed by atoms with Gasteiger partial charge >= 0.3 is 0 Å². The smallest absolute Gasteiger partial charge is 0.277 e. The molecule has 0 spiro atoms. The van der Waals surface area contributed by atoms with E-state index in [4.69, 9.17) is 0 Å². The summed E-state index contributed by atoms with van der Waals surface area (Å²) in [5.41, 5.74) is 1.37. The average Bonchev–Trinajstić information content (AvgIpc) is 2.64. The third-order valence-electron chi connectivity index (χ3n) is 4.00. The molecule has 104 valence electrons. The number of amides is 1. The Morgan fingerprint density at radius 1 is 1.42 bits per heavy atom. The van der Waals surface area contributed by atoms with Crippen LogP contribution in [0.2, 0.25) is 0 Å². The van der Waals surface area contributed by atoms with E-state index in [1.54, 1.807) is 13.8 Å². The Morgan fingerprint density at radius 3 is 2.68 bits per heavy atom. The fourth-order valence-electron chi connectivity index (χ4n) is 2.72. The van der Waals surface area contributed by atoms with Gasteiger partial charge in [0.05, 0.1) is 5.69 Å². The summed E-state index contributed by atoms with van der Waals surface area (Å²) >= 11 is 0. The first kappa shape index (κ1) is 13.8. The van der Waals surface area contributed by atoms with Gasteiger partial charge in [0.25, 0.3) is 11.5 Å². The van der Waals surface area contributed by atoms with Crippen LogP contribution in [0.3, 0.4) is 0 Å². The second-order valence-electron chi connectivity index (χ2n) is 6.22. The Labute approximate surface area is 112 Å². The highest BCUT2D eigenvalue weighted by Gasteiger charge is 2.32. The van der Waals surface area contributed by atoms with Crippen molar-refractivity contribution in [3.63, 3.8) is 0 Å². The minimum absolute atomic E-state index is 0.162. The number of hydrogen-bond donors (Lipinski definition) is 2. The van der Waals surface area contributed by atoms with Crippen molar-refractivity contribution >= 4 is 5.91 Å². The summed E-state index contributed by atoms with van der Waals surface area (Å²) in [6.07, 6.45) is 3.03. The first-order valence-electron chi connectivity index (χ1n) is 6.67. The van der Waals surface area contributed by atoms with Gasteiger partial charge in [0.2, 0.25) is 0 Å². The SMILES string of the molecule is Cc1n[nH]c(=O)c(C(=O)NC2CCC(C)(C)C2)c1C. The van der Waals surface area contributed by atoms with Gasteiger partial charge in [-0.15, -0.1) is 0 Å². The number of hydrogen-bond acceptors (Lipinski definition) is 3. The molecule has 1 aliphatic carbocycles. The lowest BCUT2D eigenvalue weighted by Gasteiger charge is -2.18. The number of H-pyrrole nitrogens is 1. The molecule has 2 rings (SSSR count). The van der Waals surface area contributed by atoms with Gasteiger partial charge in [-0.05, 0) is 44.1 Å². The Morgan fingerprint density at radius 2 is 2.11 bits per heavy atom. The molecule has 2 N–H and O–H groups in total. The normalized spacial score (nSPS) is 21.4. The first-order chi connectivity index (χ1) is 8.80. The van der Waals surface area contributed by atoms with Crippen LogP contribution in [0.5, 0.6) is 0 Å². The molecule has 0 aromatic carbocycles. The molecular formula is C14H21N3O2. The monoisotopic (exact) mass is 263 g/mol. The van der Waals surface area contributed by atoms with Crippen LogP contribution in [0.25, 0.3) is 0 Å². The summed E-state index contributed by atoms with van der Waals surface area (Å²) < 4.78 is 0. The summed E-state index contributed by atoms with van der Waals surface area (Å²) in [6, 6.07) is 0.162. The van der Waals surface area contributed by atoms with Crippen molar-refractivity contribution in [3.05, 3.63) is 27.2 Å². The van der Waals surface area contributed by atoms with Gasteiger partial charge in [0.1, 0.15) is 5.56 Å². The van der Waals surface area contributed by atoms with Crippen LogP contribution in [0, 0.1) is 19.3 Å². The maximum absolute atomic E-state index is 12.2. The standard InChI is InChI=1S/C14H21N3O2/c1-8-9(2)16-17-13(19)11(8)12(18)15-10-5-6-14(3,4)7-10/h10H,5-7H2,1-4H3,(H,15,18)(H,17,19). The van der Waals surface area contributed by atoms with Crippen LogP contribution in [-0.2, 0) is 0 Å². The quantitative estimate of drug-likeness (QED) is 0.852. The largest absolute Gasteiger partial charge is 0.349 e. The minimum Gasteiger partial charge on any atom is -0.349 e. The molecule has 1 saturated carbocycles. The Balaban J connectivity index is 2.18. The molecule has 1 amide bonds. The molecule has 0 radical (unpaired) electrons. The number of aromatic amines is 1. The lowest BCUT2D eigenvalue weighted by Crippen LogP contribution is -2.37. The predicted molar refractivity (Wildman–Crippen MR) is 73.2 cm³/mol. The van der Waals surface area contributed by atoms with Crippen molar-refractivity contribution in [2.75, 3.05) is 0 Å². The van der Waals surface area contributed by atoms with Crippen LogP contribution < -0.4 is 10.9 Å². The highest BCUT2D eigenvalue weighted by atomic mass is 16.2. The van der Waals surface area contributed by atoms with E-state index in [1.807, 2.05) is 0 Å². The van der Waals surface area contributed by atoms with Crippen molar-refractivity contribution in [2.45, 2.75) is 53.0 Å². The molecule has 0 bridgehead atoms. The number of nitrogens with one attached hydrogen (secondary N) is 2. The fraction of sp³-hybridized carbons (Fsp3) is 0.643. The summed E-state index contributed by atoms with van der Waals surface area (Å²) in [6.45, 7) is 7.94. The van der Waals surface area contributed by atoms with E-state index in [1.165, 1.54) is 0 Å². The number of aromatic nitrogens is 2. The third-order valence-corrected chi connectivity index (χ3v) is 4.00. The van der Waals surface area contributed by atoms with Gasteiger partial charge in [0.15, 0.2) is 0 Å². The molecule has 1 aromatic heterocycles. The highest BCUT2D eigenvalue weighted by Crippen LogP contribution is 2.36. The summed E-state index contributed by atoms with van der Waals surface area (Å²) in [4.78, 5) is 24.0. The Kier molecular flexibility index (Phi) is 3.47. The summed E-state index contributed by atoms with van der Waals surface area (Å²) in [5, 5.41) is 9.20. The van der Waals surface area contributed by atoms with Gasteiger partial charge in [-0.1, -0.05) is 13.8 Å². The number of nitrogens with zero attached hydrogens (tertiary/aromatic N) is 1. The number of carbonyl (C=O) groups is 1. The van der Waals surface area contributed by atoms with Crippen molar-refractivity contribution in [2.24, 2.45) is 5.41 Å². The predicted octanol–water partition coefficient (Wildman–Crippen LogP) is 1.70. The van der Waals surface area contributed by atoms with Crippen molar-refractivity contribution in [1.82, 2.24) is 15.5 Å². The zero-order valence-electron chi connectivity index (χ0n) is 12.0. The first-order valence-corrected chi connectivity index (χ1v) is 6.67. The van der Waals surface area contributed by atoms with E-state index in [2.05, 4.69) is 29.4 Å². The summed E-state index contributed by atoms with van der Waals surface area (Å²) in [7, 11) is 0. The van der Waals surface area contributed by atoms with Crippen molar-refractivity contribution in [1.29, 1.82) is 0 Å². The Bertz CT molecular complexity index is 560. The van der Waals surface area contributed by atoms with Crippen LogP contribution in [-0.4, -0.2) is 22.1 Å². The molecular weight excluding hydrogens is 242 g/mol. The lowest BCUT2D eigenvalue weighted by molar-refractivity contribution is 0.0933. The minimum atomic E-state index is -0.419. The highest BCUT2D eigenvalue weighted by molar-refractivity contribution is 5.95. The molecule has 0 aliphatic heterocycles. The maximum Gasteiger partial charge on any atom is 0.277 e. The number of aryl methyl sites for hydroxylation is 1. The third kappa shape index (κ3) is 2.85. The maximum atomic E-state index is 12.2. The number of rotatable bonds is 2. The van der Waals surface area contributed by atoms with E-state index < -0.39 is 5.56 Å². The van der Waals surface area contributed by atoms with E-state index in [0.29, 0.717) is 11.3 Å². The molecule has 1 aromatic rings. The van der Waals surface area contributed by atoms with E-state index in [0.717, 1.165) is 19.3 Å². The zero-order valence-corrected chi connectivity index (χ0v) is 12.0. The van der Waals surface area contributed by atoms with Crippen molar-refractivity contribution < 1.29 is 4.79 Å². The molecule has 1 atom stereocenters. The molecule has 1 fully saturated rings. The van der Waals surface area contributed by atoms with Crippen LogP contribution in [0.4, 0.5) is 0 Å². The van der Waals surface area contributed by atoms with Crippen molar-refractivity contribution in [3.8, 4) is 0 Å². The van der Waals surface area contributed by atoms with E-state index in [-0.39, 0.29) is 22.9 Å². The molecule has 1 aliphatic rings. The number of carbonyl (C=O) groups excluding carboxylic acids is 1. The second-order valence-corrected chi connectivity index (χ2v) is 6.22. The van der Waals surface area contributed by atoms with Gasteiger partial charge in [-0.2, -0.15) is 5.10 Å². The molecule has 0 saturated heterocycles. The molecule has 19 heavy (non-hydrogen) atoms. The topological polar surface area (TPSA) is 74.8 Å². The van der Waals surface area contributed by atoms with Gasteiger partial charge < -0.3 is 5.32 Å². The molecule has 5 heteroatoms. The summed E-state index contributed by atoms with van der Waals surface area (Å²) in [5.74, 6) is -0.285. The average molecular weight is 263 g/mol. The van der Waals surface area contributed by atoms with Gasteiger partial charge in [-0.3, -0.25) is 9.59 Å². The van der Waals surface area contributed by atoms with Crippen LogP contribution in [0.15, 0.2) is 4.79 Å². The van der Waals surface area contributed by atoms with Gasteiger partial charge in [-0.25, -0.2) is 5.10 Å². The molecule has 5 nitrogen and oxygen atoms in total. The van der Waals surface area contributed by atoms with E-state index in [9.17, 15) is 9.59 Å². The Hall–Kier alpha value is -1.65. The van der Waals surface area contributed by atoms with Crippen LogP contribution >= 0.6 is 0 Å². The lowest BCUT2D eigenvalue weighted by atomic mass is 9.92. The zero-order chi connectivity index (χ0) is 14.2. The fourth-order valence-corrected chi connectivity index (χ4v) is 2.72. The second kappa shape index (κ2) is 4.79. The molecule has 1 heterocycles. The van der Waals surface area contributed by atoms with Gasteiger partial charge in [0, 0.05) is 6.04 Å². The van der Waals surface area contributed by atoms with E-state index >= 15 is 0 Å². The molecule has 1 unspecified atom stereocenters. The van der Waals surface area contributed by atoms with Crippen LogP contribution in [0.1, 0.15) is 54.7 Å².